The van der Waals surface area contributed by atoms with Gasteiger partial charge in [0.15, 0.2) is 0 Å². The first kappa shape index (κ1) is 21.3. The van der Waals surface area contributed by atoms with Gasteiger partial charge in [0.1, 0.15) is 0 Å². The predicted molar refractivity (Wildman–Crippen MR) is 129 cm³/mol. The van der Waals surface area contributed by atoms with Crippen molar-refractivity contribution in [3.63, 3.8) is 0 Å². The van der Waals surface area contributed by atoms with Gasteiger partial charge in [0.25, 0.3) is 0 Å². The molecule has 3 aromatic rings. The van der Waals surface area contributed by atoms with Crippen molar-refractivity contribution in [2.24, 2.45) is 0 Å². The topological polar surface area (TPSA) is 0 Å². The molecule has 0 radical (unpaired) electrons. The van der Waals surface area contributed by atoms with Crippen molar-refractivity contribution >= 4 is 22.8 Å². The van der Waals surface area contributed by atoms with Gasteiger partial charge in [-0.3, -0.25) is 0 Å². The summed E-state index contributed by atoms with van der Waals surface area (Å²) in [6, 6.07) is 33.2. The number of halogens is 1. The SMILES string of the molecule is BrPCCCCCCCC(c1ccccc1)(c1ccccc1)c1ccccc1. The van der Waals surface area contributed by atoms with E-state index in [9.17, 15) is 0 Å². The Morgan fingerprint density at radius 1 is 0.536 bits per heavy atom. The number of hydrogen-bond donors (Lipinski definition) is 0. The third-order valence-corrected chi connectivity index (χ3v) is 7.35. The fourth-order valence-electron chi connectivity index (χ4n) is 4.21. The standard InChI is InChI=1S/C26H30BrP/c27-28-22-14-3-1-2-13-21-26(23-15-7-4-8-16-23,24-17-9-5-10-18-24)25-19-11-6-12-20-25/h4-12,15-20,28H,1-3,13-14,21-22H2. The van der Waals surface area contributed by atoms with Crippen molar-refractivity contribution < 1.29 is 0 Å². The van der Waals surface area contributed by atoms with Gasteiger partial charge in [-0.2, -0.15) is 0 Å². The molecular formula is C26H30BrP. The van der Waals surface area contributed by atoms with Crippen LogP contribution < -0.4 is 0 Å². The van der Waals surface area contributed by atoms with Gasteiger partial charge in [0.05, 0.1) is 0 Å². The molecule has 3 rings (SSSR count). The van der Waals surface area contributed by atoms with Gasteiger partial charge in [-0.1, -0.05) is 139 Å². The van der Waals surface area contributed by atoms with Crippen LogP contribution in [0.25, 0.3) is 0 Å². The van der Waals surface area contributed by atoms with Gasteiger partial charge in [-0.25, -0.2) is 0 Å². The van der Waals surface area contributed by atoms with Crippen LogP contribution in [0.15, 0.2) is 91.0 Å². The molecule has 0 saturated carbocycles. The second kappa shape index (κ2) is 11.5. The summed E-state index contributed by atoms with van der Waals surface area (Å²) in [4.78, 5) is 0. The van der Waals surface area contributed by atoms with E-state index >= 15 is 0 Å². The van der Waals surface area contributed by atoms with E-state index in [4.69, 9.17) is 0 Å². The molecule has 146 valence electrons. The molecule has 0 saturated heterocycles. The van der Waals surface area contributed by atoms with Crippen molar-refractivity contribution in [1.29, 1.82) is 0 Å². The largest absolute Gasteiger partial charge is 0.0642 e. The van der Waals surface area contributed by atoms with Crippen LogP contribution in [0.2, 0.25) is 0 Å². The molecule has 0 aliphatic rings. The molecule has 2 heteroatoms. The Morgan fingerprint density at radius 2 is 0.929 bits per heavy atom. The Bertz CT molecular complexity index is 690. The lowest BCUT2D eigenvalue weighted by molar-refractivity contribution is 0.502. The first-order chi connectivity index (χ1) is 13.9. The van der Waals surface area contributed by atoms with Crippen LogP contribution in [0, 0.1) is 0 Å². The summed E-state index contributed by atoms with van der Waals surface area (Å²) in [5.74, 6) is 0. The molecule has 3 aromatic carbocycles. The van der Waals surface area contributed by atoms with E-state index in [2.05, 4.69) is 106 Å². The van der Waals surface area contributed by atoms with Crippen molar-refractivity contribution in [3.05, 3.63) is 108 Å². The van der Waals surface area contributed by atoms with E-state index in [1.54, 1.807) is 0 Å². The van der Waals surface area contributed by atoms with Gasteiger partial charge in [0.2, 0.25) is 0 Å². The second-order valence-electron chi connectivity index (χ2n) is 7.40. The minimum absolute atomic E-state index is 0.0823. The molecule has 1 unspecified atom stereocenters. The summed E-state index contributed by atoms with van der Waals surface area (Å²) < 4.78 is 0. The molecule has 0 heterocycles. The van der Waals surface area contributed by atoms with Crippen LogP contribution in [-0.2, 0) is 5.41 Å². The first-order valence-corrected chi connectivity index (χ1v) is 13.8. The Balaban J connectivity index is 1.91. The van der Waals surface area contributed by atoms with Gasteiger partial charge < -0.3 is 0 Å². The monoisotopic (exact) mass is 452 g/mol. The lowest BCUT2D eigenvalue weighted by atomic mass is 9.66. The van der Waals surface area contributed by atoms with E-state index in [0.29, 0.717) is 0 Å². The van der Waals surface area contributed by atoms with E-state index in [-0.39, 0.29) is 5.41 Å². The summed E-state index contributed by atoms with van der Waals surface area (Å²) in [6.45, 7) is 0. The maximum absolute atomic E-state index is 3.56. The molecule has 1 atom stereocenters. The molecule has 0 amide bonds. The number of benzene rings is 3. The third-order valence-electron chi connectivity index (χ3n) is 5.62. The smallest absolute Gasteiger partial charge is 0.0451 e. The van der Waals surface area contributed by atoms with Crippen LogP contribution in [0.1, 0.15) is 55.2 Å². The summed E-state index contributed by atoms with van der Waals surface area (Å²) in [5.41, 5.74) is 4.11. The summed E-state index contributed by atoms with van der Waals surface area (Å²) in [7, 11) is 0.917. The first-order valence-electron chi connectivity index (χ1n) is 10.4. The lowest BCUT2D eigenvalue weighted by Gasteiger charge is -2.36. The highest BCUT2D eigenvalue weighted by Gasteiger charge is 2.35. The minimum Gasteiger partial charge on any atom is -0.0642 e. The van der Waals surface area contributed by atoms with E-state index in [1.807, 2.05) is 0 Å². The molecular weight excluding hydrogens is 423 g/mol. The summed E-state index contributed by atoms with van der Waals surface area (Å²) >= 11 is 3.56. The van der Waals surface area contributed by atoms with Crippen molar-refractivity contribution in [2.75, 3.05) is 6.16 Å². The molecule has 0 N–H and O–H groups in total. The molecule has 0 aromatic heterocycles. The fraction of sp³-hybridized carbons (Fsp3) is 0.308. The molecule has 0 bridgehead atoms. The van der Waals surface area contributed by atoms with Crippen molar-refractivity contribution in [1.82, 2.24) is 0 Å². The van der Waals surface area contributed by atoms with Crippen LogP contribution in [0.4, 0.5) is 0 Å². The number of hydrogen-bond acceptors (Lipinski definition) is 0. The zero-order valence-corrected chi connectivity index (χ0v) is 19.1. The van der Waals surface area contributed by atoms with Gasteiger partial charge in [-0.15, -0.1) is 0 Å². The lowest BCUT2D eigenvalue weighted by Crippen LogP contribution is -2.29. The highest BCUT2D eigenvalue weighted by atomic mass is 79.9. The molecule has 0 aliphatic heterocycles. The third kappa shape index (κ3) is 5.34. The highest BCUT2D eigenvalue weighted by molar-refractivity contribution is 9.36. The van der Waals surface area contributed by atoms with E-state index in [0.717, 1.165) is 13.7 Å². The normalized spacial score (nSPS) is 11.9. The fourth-order valence-corrected chi connectivity index (χ4v) is 5.44. The quantitative estimate of drug-likeness (QED) is 0.155. The van der Waals surface area contributed by atoms with Crippen LogP contribution in [0.5, 0.6) is 0 Å². The minimum atomic E-state index is -0.0823. The molecule has 0 aliphatic carbocycles. The maximum atomic E-state index is 3.56. The number of rotatable bonds is 11. The average Bonchev–Trinajstić information content (AvgIpc) is 2.78. The predicted octanol–water partition coefficient (Wildman–Crippen LogP) is 8.35. The molecule has 0 spiro atoms. The summed E-state index contributed by atoms with van der Waals surface area (Å²) in [5, 5.41) is 0. The zero-order chi connectivity index (χ0) is 19.5. The van der Waals surface area contributed by atoms with Crippen LogP contribution in [-0.4, -0.2) is 6.16 Å². The maximum Gasteiger partial charge on any atom is 0.0451 e. The summed E-state index contributed by atoms with van der Waals surface area (Å²) in [6.07, 6.45) is 9.06. The highest BCUT2D eigenvalue weighted by Crippen LogP contribution is 2.43. The molecule has 0 fully saturated rings. The van der Waals surface area contributed by atoms with Crippen molar-refractivity contribution in [2.45, 2.75) is 43.9 Å². The van der Waals surface area contributed by atoms with Gasteiger partial charge in [0, 0.05) is 5.41 Å². The Morgan fingerprint density at radius 3 is 1.36 bits per heavy atom. The van der Waals surface area contributed by atoms with E-state index < -0.39 is 0 Å². The van der Waals surface area contributed by atoms with Gasteiger partial charge in [-0.05, 0) is 35.7 Å². The van der Waals surface area contributed by atoms with Crippen molar-refractivity contribution in [3.8, 4) is 0 Å². The second-order valence-corrected chi connectivity index (χ2v) is 9.85. The van der Waals surface area contributed by atoms with E-state index in [1.165, 1.54) is 55.0 Å². The van der Waals surface area contributed by atoms with Crippen LogP contribution >= 0.6 is 22.8 Å². The van der Waals surface area contributed by atoms with Gasteiger partial charge >= 0.3 is 0 Å². The zero-order valence-electron chi connectivity index (χ0n) is 16.5. The Labute approximate surface area is 180 Å². The molecule has 28 heavy (non-hydrogen) atoms. The van der Waals surface area contributed by atoms with Crippen LogP contribution in [0.3, 0.4) is 0 Å². The Hall–Kier alpha value is -1.43. The average molecular weight is 453 g/mol. The number of unbranched alkanes of at least 4 members (excludes halogenated alkanes) is 4. The molecule has 0 nitrogen and oxygen atoms in total. The Kier molecular flexibility index (Phi) is 8.77.